The van der Waals surface area contributed by atoms with Crippen molar-refractivity contribution in [3.05, 3.63) is 35.2 Å². The van der Waals surface area contributed by atoms with Crippen LogP contribution in [0.15, 0.2) is 28.8 Å². The highest BCUT2D eigenvalue weighted by Crippen LogP contribution is 2.28. The van der Waals surface area contributed by atoms with E-state index in [0.717, 1.165) is 55.5 Å². The van der Waals surface area contributed by atoms with E-state index in [-0.39, 0.29) is 11.8 Å². The van der Waals surface area contributed by atoms with Gasteiger partial charge < -0.3 is 9.84 Å². The number of halogens is 1. The Morgan fingerprint density at radius 2 is 1.94 bits per heavy atom. The number of piperidine rings is 1. The molecule has 1 aromatic carbocycles. The maximum atomic E-state index is 12.5. The van der Waals surface area contributed by atoms with Crippen molar-refractivity contribution in [1.82, 2.24) is 20.4 Å². The first-order chi connectivity index (χ1) is 15.7. The smallest absolute Gasteiger partial charge is 0.241 e. The Morgan fingerprint density at radius 1 is 1.16 bits per heavy atom. The van der Waals surface area contributed by atoms with Crippen LogP contribution in [0.25, 0.3) is 11.4 Å². The van der Waals surface area contributed by atoms with Gasteiger partial charge in [-0.1, -0.05) is 48.2 Å². The second-order valence-electron chi connectivity index (χ2n) is 8.82. The lowest BCUT2D eigenvalue weighted by atomic mass is 9.96. The number of nitrogens with zero attached hydrogens (tertiary/aromatic N) is 3. The van der Waals surface area contributed by atoms with E-state index < -0.39 is 0 Å². The van der Waals surface area contributed by atoms with Gasteiger partial charge in [0, 0.05) is 23.3 Å². The van der Waals surface area contributed by atoms with Crippen molar-refractivity contribution in [2.75, 3.05) is 25.4 Å². The van der Waals surface area contributed by atoms with Crippen LogP contribution in [-0.2, 0) is 11.3 Å². The maximum Gasteiger partial charge on any atom is 0.241 e. The minimum atomic E-state index is 0.110. The van der Waals surface area contributed by atoms with Gasteiger partial charge in [0.25, 0.3) is 0 Å². The zero-order chi connectivity index (χ0) is 22.2. The molecule has 1 saturated heterocycles. The highest BCUT2D eigenvalue weighted by atomic mass is 35.5. The van der Waals surface area contributed by atoms with Crippen LogP contribution in [0.1, 0.15) is 57.3 Å². The van der Waals surface area contributed by atoms with Crippen molar-refractivity contribution in [2.45, 2.75) is 63.2 Å². The molecule has 1 amide bonds. The largest absolute Gasteiger partial charge is 0.356 e. The fourth-order valence-electron chi connectivity index (χ4n) is 4.53. The third-order valence-corrected chi connectivity index (χ3v) is 8.22. The first-order valence-corrected chi connectivity index (χ1v) is 13.3. The summed E-state index contributed by atoms with van der Waals surface area (Å²) in [5.41, 5.74) is 0.775. The number of hydrogen-bond acceptors (Lipinski definition) is 6. The number of carbonyl (C=O) groups is 1. The zero-order valence-electron chi connectivity index (χ0n) is 18.6. The predicted molar refractivity (Wildman–Crippen MR) is 130 cm³/mol. The number of carbonyl (C=O) groups excluding carboxylic acids is 1. The van der Waals surface area contributed by atoms with Crippen LogP contribution < -0.4 is 5.32 Å². The SMILES string of the molecule is O=C(NCCCSC1CCCCC1)C1CCN(Cc2nc(-c3ccccc3Cl)no2)CC1. The van der Waals surface area contributed by atoms with Gasteiger partial charge in [-0.3, -0.25) is 9.69 Å². The summed E-state index contributed by atoms with van der Waals surface area (Å²) in [4.78, 5) is 19.3. The molecule has 4 rings (SSSR count). The van der Waals surface area contributed by atoms with E-state index in [1.54, 1.807) is 0 Å². The van der Waals surface area contributed by atoms with Crippen molar-refractivity contribution in [1.29, 1.82) is 0 Å². The summed E-state index contributed by atoms with van der Waals surface area (Å²) in [6.07, 6.45) is 9.74. The molecule has 0 bridgehead atoms. The van der Waals surface area contributed by atoms with Gasteiger partial charge in [-0.15, -0.1) is 0 Å². The summed E-state index contributed by atoms with van der Waals surface area (Å²) in [6, 6.07) is 7.49. The molecular formula is C24H33ClN4O2S. The number of aromatic nitrogens is 2. The molecule has 1 aliphatic carbocycles. The van der Waals surface area contributed by atoms with E-state index in [0.29, 0.717) is 23.3 Å². The number of likely N-dealkylation sites (tertiary alicyclic amines) is 1. The van der Waals surface area contributed by atoms with Crippen LogP contribution in [0.2, 0.25) is 5.02 Å². The molecule has 32 heavy (non-hydrogen) atoms. The minimum Gasteiger partial charge on any atom is -0.356 e. The highest BCUT2D eigenvalue weighted by Gasteiger charge is 2.26. The predicted octanol–water partition coefficient (Wildman–Crippen LogP) is 5.17. The first-order valence-electron chi connectivity index (χ1n) is 11.9. The quantitative estimate of drug-likeness (QED) is 0.503. The van der Waals surface area contributed by atoms with Gasteiger partial charge in [0.1, 0.15) is 0 Å². The summed E-state index contributed by atoms with van der Waals surface area (Å²) >= 11 is 8.33. The van der Waals surface area contributed by atoms with E-state index >= 15 is 0 Å². The highest BCUT2D eigenvalue weighted by molar-refractivity contribution is 7.99. The van der Waals surface area contributed by atoms with Crippen LogP contribution in [0.3, 0.4) is 0 Å². The van der Waals surface area contributed by atoms with Crippen molar-refractivity contribution in [3.63, 3.8) is 0 Å². The summed E-state index contributed by atoms with van der Waals surface area (Å²) < 4.78 is 5.43. The van der Waals surface area contributed by atoms with E-state index in [2.05, 4.69) is 32.1 Å². The Balaban J connectivity index is 1.13. The van der Waals surface area contributed by atoms with Gasteiger partial charge in [0.2, 0.25) is 17.6 Å². The Labute approximate surface area is 199 Å². The number of hydrogen-bond donors (Lipinski definition) is 1. The Bertz CT molecular complexity index is 863. The molecule has 0 radical (unpaired) electrons. The molecule has 2 aromatic rings. The van der Waals surface area contributed by atoms with Crippen LogP contribution >= 0.6 is 23.4 Å². The van der Waals surface area contributed by atoms with Gasteiger partial charge in [-0.05, 0) is 63.1 Å². The monoisotopic (exact) mass is 476 g/mol. The summed E-state index contributed by atoms with van der Waals surface area (Å²) in [5, 5.41) is 8.69. The van der Waals surface area contributed by atoms with Crippen LogP contribution in [0.5, 0.6) is 0 Å². The third-order valence-electron chi connectivity index (χ3n) is 6.43. The molecule has 174 valence electrons. The van der Waals surface area contributed by atoms with E-state index in [9.17, 15) is 4.79 Å². The molecule has 6 nitrogen and oxygen atoms in total. The van der Waals surface area contributed by atoms with Crippen LogP contribution in [0.4, 0.5) is 0 Å². The van der Waals surface area contributed by atoms with E-state index in [1.807, 2.05) is 24.3 Å². The van der Waals surface area contributed by atoms with Gasteiger partial charge in [-0.25, -0.2) is 0 Å². The zero-order valence-corrected chi connectivity index (χ0v) is 20.2. The van der Waals surface area contributed by atoms with Crippen molar-refractivity contribution in [3.8, 4) is 11.4 Å². The molecule has 0 atom stereocenters. The summed E-state index contributed by atoms with van der Waals surface area (Å²) in [5.74, 6) is 2.58. The molecule has 2 aliphatic rings. The van der Waals surface area contributed by atoms with Crippen molar-refractivity contribution in [2.24, 2.45) is 5.92 Å². The maximum absolute atomic E-state index is 12.5. The topological polar surface area (TPSA) is 71.3 Å². The minimum absolute atomic E-state index is 0.110. The Hall–Kier alpha value is -1.57. The third kappa shape index (κ3) is 6.72. The van der Waals surface area contributed by atoms with Crippen molar-refractivity contribution < 1.29 is 9.32 Å². The molecular weight excluding hydrogens is 444 g/mol. The van der Waals surface area contributed by atoms with Gasteiger partial charge in [-0.2, -0.15) is 16.7 Å². The van der Waals surface area contributed by atoms with Gasteiger partial charge in [0.15, 0.2) is 0 Å². The molecule has 1 N–H and O–H groups in total. The molecule has 1 aliphatic heterocycles. The number of amides is 1. The normalized spacial score (nSPS) is 18.7. The molecule has 0 unspecified atom stereocenters. The summed E-state index contributed by atoms with van der Waals surface area (Å²) in [7, 11) is 0. The number of nitrogens with one attached hydrogen (secondary N) is 1. The second-order valence-corrected chi connectivity index (χ2v) is 10.6. The first kappa shape index (κ1) is 23.6. The second kappa shape index (κ2) is 12.1. The van der Waals surface area contributed by atoms with E-state index in [1.165, 1.54) is 32.1 Å². The standard InChI is InChI=1S/C24H33ClN4O2S/c25-21-10-5-4-9-20(21)23-27-22(31-28-23)17-29-14-11-18(12-15-29)24(30)26-13-6-16-32-19-7-2-1-3-8-19/h4-5,9-10,18-19H,1-3,6-8,11-17H2,(H,26,30). The molecule has 8 heteroatoms. The van der Waals surface area contributed by atoms with Gasteiger partial charge >= 0.3 is 0 Å². The lowest BCUT2D eigenvalue weighted by Gasteiger charge is -2.30. The average molecular weight is 477 g/mol. The number of benzene rings is 1. The van der Waals surface area contributed by atoms with Crippen LogP contribution in [0, 0.1) is 5.92 Å². The summed E-state index contributed by atoms with van der Waals surface area (Å²) in [6.45, 7) is 3.12. The lowest BCUT2D eigenvalue weighted by molar-refractivity contribution is -0.126. The van der Waals surface area contributed by atoms with Crippen molar-refractivity contribution >= 4 is 29.3 Å². The molecule has 1 aromatic heterocycles. The molecule has 2 heterocycles. The fourth-order valence-corrected chi connectivity index (χ4v) is 6.06. The lowest BCUT2D eigenvalue weighted by Crippen LogP contribution is -2.40. The fraction of sp³-hybridized carbons (Fsp3) is 0.625. The van der Waals surface area contributed by atoms with E-state index in [4.69, 9.17) is 16.1 Å². The molecule has 0 spiro atoms. The van der Waals surface area contributed by atoms with Crippen LogP contribution in [-0.4, -0.2) is 51.6 Å². The number of thioether (sulfide) groups is 1. The Kier molecular flexibility index (Phi) is 8.88. The number of rotatable bonds is 9. The molecule has 1 saturated carbocycles. The Morgan fingerprint density at radius 3 is 2.72 bits per heavy atom. The average Bonchev–Trinajstić information content (AvgIpc) is 3.28. The van der Waals surface area contributed by atoms with Gasteiger partial charge in [0.05, 0.1) is 11.6 Å². The molecule has 2 fully saturated rings.